The van der Waals surface area contributed by atoms with Crippen molar-refractivity contribution in [3.8, 4) is 12.3 Å². The highest BCUT2D eigenvalue weighted by Gasteiger charge is 2.12. The van der Waals surface area contributed by atoms with Gasteiger partial charge in [-0.1, -0.05) is 0 Å². The summed E-state index contributed by atoms with van der Waals surface area (Å²) in [6, 6.07) is 1.80. The van der Waals surface area contributed by atoms with Crippen LogP contribution in [-0.2, 0) is 6.54 Å². The summed E-state index contributed by atoms with van der Waals surface area (Å²) >= 11 is 0. The van der Waals surface area contributed by atoms with Crippen LogP contribution in [0.4, 0.5) is 0 Å². The van der Waals surface area contributed by atoms with Crippen molar-refractivity contribution in [3.63, 3.8) is 0 Å². The van der Waals surface area contributed by atoms with Crippen molar-refractivity contribution in [2.24, 2.45) is 0 Å². The topological polar surface area (TPSA) is 42.2 Å². The molecule has 0 saturated heterocycles. The van der Waals surface area contributed by atoms with Gasteiger partial charge >= 0.3 is 5.97 Å². The zero-order valence-electron chi connectivity index (χ0n) is 8.16. The van der Waals surface area contributed by atoms with Crippen molar-refractivity contribution in [3.05, 3.63) is 23.5 Å². The SMILES string of the molecule is C#CCCCn1ccc(C)c1C(=O)O. The fourth-order valence-electron chi connectivity index (χ4n) is 1.41. The van der Waals surface area contributed by atoms with E-state index in [1.165, 1.54) is 0 Å². The molecule has 0 aliphatic heterocycles. The summed E-state index contributed by atoms with van der Waals surface area (Å²) in [5.74, 6) is 1.65. The van der Waals surface area contributed by atoms with Gasteiger partial charge in [0, 0.05) is 19.2 Å². The third-order valence-electron chi connectivity index (χ3n) is 2.09. The second kappa shape index (κ2) is 4.52. The number of aromatic carboxylic acids is 1. The maximum absolute atomic E-state index is 10.9. The molecule has 0 unspecified atom stereocenters. The largest absolute Gasteiger partial charge is 0.477 e. The maximum Gasteiger partial charge on any atom is 0.352 e. The van der Waals surface area contributed by atoms with Crippen molar-refractivity contribution in [2.75, 3.05) is 0 Å². The van der Waals surface area contributed by atoms with E-state index in [-0.39, 0.29) is 0 Å². The number of unbranched alkanes of at least 4 members (excludes halogenated alkanes) is 1. The monoisotopic (exact) mass is 191 g/mol. The van der Waals surface area contributed by atoms with E-state index < -0.39 is 5.97 Å². The summed E-state index contributed by atoms with van der Waals surface area (Å²) in [7, 11) is 0. The number of nitrogens with zero attached hydrogens (tertiary/aromatic N) is 1. The van der Waals surface area contributed by atoms with E-state index in [0.717, 1.165) is 12.0 Å². The number of carbonyl (C=O) groups is 1. The molecule has 0 aromatic carbocycles. The van der Waals surface area contributed by atoms with Crippen LogP contribution >= 0.6 is 0 Å². The molecular weight excluding hydrogens is 178 g/mol. The van der Waals surface area contributed by atoms with Crippen LogP contribution in [0.5, 0.6) is 0 Å². The van der Waals surface area contributed by atoms with Crippen molar-refractivity contribution in [1.29, 1.82) is 0 Å². The minimum Gasteiger partial charge on any atom is -0.477 e. The first kappa shape index (κ1) is 10.4. The van der Waals surface area contributed by atoms with Crippen LogP contribution in [0.2, 0.25) is 0 Å². The molecule has 1 aromatic rings. The summed E-state index contributed by atoms with van der Waals surface area (Å²) in [5.41, 5.74) is 1.15. The van der Waals surface area contributed by atoms with Crippen LogP contribution in [0.3, 0.4) is 0 Å². The Morgan fingerprint density at radius 3 is 3.00 bits per heavy atom. The summed E-state index contributed by atoms with van der Waals surface area (Å²) in [6.45, 7) is 2.46. The number of aromatic nitrogens is 1. The maximum atomic E-state index is 10.9. The van der Waals surface area contributed by atoms with Crippen molar-refractivity contribution in [1.82, 2.24) is 4.57 Å². The lowest BCUT2D eigenvalue weighted by atomic mass is 10.2. The Morgan fingerprint density at radius 1 is 1.71 bits per heavy atom. The smallest absolute Gasteiger partial charge is 0.352 e. The molecule has 0 saturated carbocycles. The van der Waals surface area contributed by atoms with Crippen molar-refractivity contribution >= 4 is 5.97 Å². The molecule has 0 atom stereocenters. The second-order valence-electron chi connectivity index (χ2n) is 3.15. The van der Waals surface area contributed by atoms with Crippen LogP contribution in [-0.4, -0.2) is 15.6 Å². The van der Waals surface area contributed by atoms with Crippen molar-refractivity contribution < 1.29 is 9.90 Å². The predicted molar refractivity (Wildman–Crippen MR) is 54.2 cm³/mol. The summed E-state index contributed by atoms with van der Waals surface area (Å²) in [5, 5.41) is 8.93. The van der Waals surface area contributed by atoms with Gasteiger partial charge in [0.2, 0.25) is 0 Å². The zero-order valence-corrected chi connectivity index (χ0v) is 8.16. The average Bonchev–Trinajstić information content (AvgIpc) is 2.47. The molecule has 1 rings (SSSR count). The molecule has 0 amide bonds. The van der Waals surface area contributed by atoms with E-state index in [2.05, 4.69) is 5.92 Å². The molecular formula is C11H13NO2. The molecule has 0 aliphatic carbocycles. The zero-order chi connectivity index (χ0) is 10.6. The van der Waals surface area contributed by atoms with Crippen LogP contribution in [0, 0.1) is 19.3 Å². The van der Waals surface area contributed by atoms with Crippen LogP contribution in [0.15, 0.2) is 12.3 Å². The van der Waals surface area contributed by atoms with E-state index in [1.807, 2.05) is 0 Å². The lowest BCUT2D eigenvalue weighted by molar-refractivity contribution is 0.0684. The van der Waals surface area contributed by atoms with Gasteiger partial charge in [-0.05, 0) is 25.0 Å². The van der Waals surface area contributed by atoms with E-state index >= 15 is 0 Å². The van der Waals surface area contributed by atoms with Crippen LogP contribution < -0.4 is 0 Å². The second-order valence-corrected chi connectivity index (χ2v) is 3.15. The number of rotatable bonds is 4. The highest BCUT2D eigenvalue weighted by atomic mass is 16.4. The molecule has 0 fully saturated rings. The minimum atomic E-state index is -0.881. The lowest BCUT2D eigenvalue weighted by Gasteiger charge is -2.04. The Labute approximate surface area is 83.4 Å². The molecule has 0 aliphatic rings. The van der Waals surface area contributed by atoms with Crippen LogP contribution in [0.1, 0.15) is 28.9 Å². The van der Waals surface area contributed by atoms with Gasteiger partial charge in [-0.3, -0.25) is 0 Å². The van der Waals surface area contributed by atoms with Gasteiger partial charge in [-0.25, -0.2) is 4.79 Å². The summed E-state index contributed by atoms with van der Waals surface area (Å²) in [4.78, 5) is 10.9. The molecule has 1 heterocycles. The van der Waals surface area contributed by atoms with E-state index in [4.69, 9.17) is 11.5 Å². The fourth-order valence-corrected chi connectivity index (χ4v) is 1.41. The molecule has 0 radical (unpaired) electrons. The molecule has 0 bridgehead atoms. The number of hydrogen-bond donors (Lipinski definition) is 1. The number of carboxylic acid groups (broad SMARTS) is 1. The Kier molecular flexibility index (Phi) is 3.35. The first-order valence-corrected chi connectivity index (χ1v) is 4.49. The van der Waals surface area contributed by atoms with Crippen molar-refractivity contribution in [2.45, 2.75) is 26.3 Å². The normalized spacial score (nSPS) is 9.71. The number of carboxylic acids is 1. The van der Waals surface area contributed by atoms with Gasteiger partial charge in [0.05, 0.1) is 0 Å². The molecule has 1 N–H and O–H groups in total. The van der Waals surface area contributed by atoms with Gasteiger partial charge in [-0.2, -0.15) is 0 Å². The first-order chi connectivity index (χ1) is 6.66. The third kappa shape index (κ3) is 2.17. The van der Waals surface area contributed by atoms with Gasteiger partial charge in [0.25, 0.3) is 0 Å². The fraction of sp³-hybridized carbons (Fsp3) is 0.364. The highest BCUT2D eigenvalue weighted by molar-refractivity contribution is 5.87. The molecule has 14 heavy (non-hydrogen) atoms. The van der Waals surface area contributed by atoms with Gasteiger partial charge in [0.1, 0.15) is 5.69 Å². The standard InChI is InChI=1S/C11H13NO2/c1-3-4-5-7-12-8-6-9(2)10(12)11(13)14/h1,6,8H,4-5,7H2,2H3,(H,13,14). The summed E-state index contributed by atoms with van der Waals surface area (Å²) in [6.07, 6.45) is 8.39. The Balaban J connectivity index is 2.77. The Hall–Kier alpha value is -1.69. The van der Waals surface area contributed by atoms with Gasteiger partial charge < -0.3 is 9.67 Å². The molecule has 74 valence electrons. The Bertz CT molecular complexity index is 371. The lowest BCUT2D eigenvalue weighted by Crippen LogP contribution is -2.09. The Morgan fingerprint density at radius 2 is 2.43 bits per heavy atom. The van der Waals surface area contributed by atoms with E-state index in [0.29, 0.717) is 18.7 Å². The van der Waals surface area contributed by atoms with E-state index in [9.17, 15) is 4.79 Å². The summed E-state index contributed by atoms with van der Waals surface area (Å²) < 4.78 is 1.73. The first-order valence-electron chi connectivity index (χ1n) is 4.49. The number of terminal acetylenes is 1. The molecule has 1 aromatic heterocycles. The van der Waals surface area contributed by atoms with Gasteiger partial charge in [0.15, 0.2) is 0 Å². The molecule has 0 spiro atoms. The highest BCUT2D eigenvalue weighted by Crippen LogP contribution is 2.10. The number of aryl methyl sites for hydroxylation is 2. The molecule has 3 nitrogen and oxygen atoms in total. The van der Waals surface area contributed by atoms with E-state index in [1.54, 1.807) is 23.8 Å². The van der Waals surface area contributed by atoms with Gasteiger partial charge in [-0.15, -0.1) is 12.3 Å². The quantitative estimate of drug-likeness (QED) is 0.583. The predicted octanol–water partition coefficient (Wildman–Crippen LogP) is 1.91. The minimum absolute atomic E-state index is 0.363. The molecule has 3 heteroatoms. The number of hydrogen-bond acceptors (Lipinski definition) is 1. The van der Waals surface area contributed by atoms with Crippen LogP contribution in [0.25, 0.3) is 0 Å². The average molecular weight is 191 g/mol. The third-order valence-corrected chi connectivity index (χ3v) is 2.09.